The first-order valence-electron chi connectivity index (χ1n) is 9.98. The maximum Gasteiger partial charge on any atom is 0.272 e. The van der Waals surface area contributed by atoms with Gasteiger partial charge in [0.15, 0.2) is 0 Å². The third-order valence-corrected chi connectivity index (χ3v) is 5.04. The summed E-state index contributed by atoms with van der Waals surface area (Å²) in [6.07, 6.45) is 1.51. The number of hydrogen-bond donors (Lipinski definition) is 2. The number of anilines is 2. The van der Waals surface area contributed by atoms with Crippen LogP contribution in [0.15, 0.2) is 72.4 Å². The fraction of sp³-hybridized carbons (Fsp3) is 0.120. The summed E-state index contributed by atoms with van der Waals surface area (Å²) in [6.45, 7) is 0. The van der Waals surface area contributed by atoms with Gasteiger partial charge in [0.2, 0.25) is 0 Å². The number of hydrogen-bond acceptors (Lipinski definition) is 4. The number of ether oxygens (including phenoxy) is 1. The molecule has 0 fully saturated rings. The topological polar surface area (TPSA) is 70.7 Å². The first-order chi connectivity index (χ1) is 15.8. The lowest BCUT2D eigenvalue weighted by Crippen LogP contribution is -2.31. The summed E-state index contributed by atoms with van der Waals surface area (Å²) in [6, 6.07) is 17.7. The minimum atomic E-state index is -0.743. The maximum absolute atomic E-state index is 14.1. The Labute approximate surface area is 196 Å². The Morgan fingerprint density at radius 2 is 1.73 bits per heavy atom. The molecule has 2 N–H and O–H groups in total. The van der Waals surface area contributed by atoms with E-state index in [0.717, 1.165) is 5.69 Å². The average Bonchev–Trinajstić information content (AvgIpc) is 2.79. The lowest BCUT2D eigenvalue weighted by atomic mass is 10.1. The number of nitrogens with one attached hydrogen (secondary N) is 2. The highest BCUT2D eigenvalue weighted by atomic mass is 35.5. The van der Waals surface area contributed by atoms with Gasteiger partial charge >= 0.3 is 0 Å². The second-order valence-corrected chi connectivity index (χ2v) is 7.69. The highest BCUT2D eigenvalue weighted by Crippen LogP contribution is 2.27. The van der Waals surface area contributed by atoms with Gasteiger partial charge in [-0.3, -0.25) is 9.59 Å². The quantitative estimate of drug-likeness (QED) is 0.482. The molecule has 8 heteroatoms. The van der Waals surface area contributed by atoms with Crippen molar-refractivity contribution in [2.45, 2.75) is 0 Å². The summed E-state index contributed by atoms with van der Waals surface area (Å²) in [5, 5.41) is 5.53. The number of carbonyl (C=O) groups is 2. The van der Waals surface area contributed by atoms with Crippen molar-refractivity contribution in [3.05, 3.63) is 94.4 Å². The fourth-order valence-corrected chi connectivity index (χ4v) is 3.23. The molecule has 0 saturated carbocycles. The van der Waals surface area contributed by atoms with E-state index in [1.807, 2.05) is 43.3 Å². The molecule has 0 aliphatic heterocycles. The molecule has 0 bridgehead atoms. The molecule has 0 aliphatic rings. The van der Waals surface area contributed by atoms with Crippen LogP contribution in [-0.2, 0) is 4.79 Å². The third-order valence-electron chi connectivity index (χ3n) is 4.74. The summed E-state index contributed by atoms with van der Waals surface area (Å²) in [5.41, 5.74) is 1.81. The van der Waals surface area contributed by atoms with Crippen LogP contribution in [0.4, 0.5) is 15.8 Å². The van der Waals surface area contributed by atoms with E-state index in [-0.39, 0.29) is 11.3 Å². The van der Waals surface area contributed by atoms with Crippen molar-refractivity contribution in [1.82, 2.24) is 5.32 Å². The molecular formula is C25H23ClFN3O3. The zero-order valence-electron chi connectivity index (χ0n) is 18.4. The molecule has 0 saturated heterocycles. The van der Waals surface area contributed by atoms with Gasteiger partial charge in [-0.15, -0.1) is 0 Å². The Balaban J connectivity index is 1.91. The van der Waals surface area contributed by atoms with E-state index in [0.29, 0.717) is 22.0 Å². The van der Waals surface area contributed by atoms with Crippen molar-refractivity contribution in [1.29, 1.82) is 0 Å². The largest absolute Gasteiger partial charge is 0.495 e. The molecule has 3 aromatic rings. The van der Waals surface area contributed by atoms with Crippen molar-refractivity contribution < 1.29 is 18.7 Å². The Morgan fingerprint density at radius 3 is 2.33 bits per heavy atom. The summed E-state index contributed by atoms with van der Waals surface area (Å²) in [5.74, 6) is -1.57. The molecule has 0 atom stereocenters. The van der Waals surface area contributed by atoms with Crippen molar-refractivity contribution in [3.8, 4) is 5.75 Å². The van der Waals surface area contributed by atoms with Gasteiger partial charge < -0.3 is 20.3 Å². The van der Waals surface area contributed by atoms with Crippen LogP contribution in [0.1, 0.15) is 15.9 Å². The fourth-order valence-electron chi connectivity index (χ4n) is 2.97. The summed E-state index contributed by atoms with van der Waals surface area (Å²) in [7, 11) is 5.32. The van der Waals surface area contributed by atoms with E-state index in [4.69, 9.17) is 16.3 Å². The Hall–Kier alpha value is -3.84. The Bertz CT molecular complexity index is 1190. The average molecular weight is 468 g/mol. The lowest BCUT2D eigenvalue weighted by Gasteiger charge is -2.14. The lowest BCUT2D eigenvalue weighted by molar-refractivity contribution is -0.113. The molecule has 0 radical (unpaired) electrons. The van der Waals surface area contributed by atoms with E-state index in [9.17, 15) is 14.0 Å². The molecular weight excluding hydrogens is 445 g/mol. The van der Waals surface area contributed by atoms with E-state index in [1.54, 1.807) is 18.2 Å². The van der Waals surface area contributed by atoms with Crippen molar-refractivity contribution in [3.63, 3.8) is 0 Å². The van der Waals surface area contributed by atoms with Gasteiger partial charge in [-0.2, -0.15) is 0 Å². The van der Waals surface area contributed by atoms with Gasteiger partial charge in [-0.1, -0.05) is 35.9 Å². The van der Waals surface area contributed by atoms with E-state index in [1.165, 1.54) is 37.5 Å². The van der Waals surface area contributed by atoms with Crippen LogP contribution in [-0.4, -0.2) is 33.0 Å². The number of methoxy groups -OCH3 is 1. The van der Waals surface area contributed by atoms with Gasteiger partial charge in [0.25, 0.3) is 11.8 Å². The molecule has 0 aliphatic carbocycles. The molecule has 170 valence electrons. The molecule has 0 unspecified atom stereocenters. The molecule has 0 heterocycles. The smallest absolute Gasteiger partial charge is 0.272 e. The van der Waals surface area contributed by atoms with E-state index in [2.05, 4.69) is 10.6 Å². The first kappa shape index (κ1) is 23.8. The van der Waals surface area contributed by atoms with Crippen LogP contribution in [0.3, 0.4) is 0 Å². The van der Waals surface area contributed by atoms with Crippen LogP contribution in [0.25, 0.3) is 6.08 Å². The van der Waals surface area contributed by atoms with Gasteiger partial charge in [-0.25, -0.2) is 4.39 Å². The second kappa shape index (κ2) is 10.7. The first-order valence-corrected chi connectivity index (χ1v) is 10.4. The van der Waals surface area contributed by atoms with Crippen molar-refractivity contribution >= 4 is 40.9 Å². The predicted molar refractivity (Wildman–Crippen MR) is 129 cm³/mol. The van der Waals surface area contributed by atoms with Crippen LogP contribution in [0, 0.1) is 5.82 Å². The van der Waals surface area contributed by atoms with Crippen molar-refractivity contribution in [2.24, 2.45) is 0 Å². The highest BCUT2D eigenvalue weighted by Gasteiger charge is 2.18. The Kier molecular flexibility index (Phi) is 7.69. The van der Waals surface area contributed by atoms with E-state index >= 15 is 0 Å². The normalized spacial score (nSPS) is 11.0. The molecule has 2 amide bonds. The monoisotopic (exact) mass is 467 g/mol. The number of amides is 2. The minimum absolute atomic E-state index is 0.0622. The predicted octanol–water partition coefficient (Wildman–Crippen LogP) is 4.96. The number of nitrogens with zero attached hydrogens (tertiary/aromatic N) is 1. The zero-order valence-corrected chi connectivity index (χ0v) is 19.1. The van der Waals surface area contributed by atoms with Crippen LogP contribution in [0.5, 0.6) is 5.75 Å². The third kappa shape index (κ3) is 6.11. The molecule has 3 rings (SSSR count). The number of halogens is 2. The highest BCUT2D eigenvalue weighted by molar-refractivity contribution is 6.32. The van der Waals surface area contributed by atoms with Crippen molar-refractivity contribution in [2.75, 3.05) is 31.4 Å². The van der Waals surface area contributed by atoms with Gasteiger partial charge in [0, 0.05) is 25.5 Å². The molecule has 33 heavy (non-hydrogen) atoms. The molecule has 3 aromatic carbocycles. The standard InChI is InChI=1S/C25H23ClFN3O3/c1-30(2)18-11-8-16(9-12-18)14-22(29-24(31)19-6-4-5-7-21(19)27)25(32)28-17-10-13-23(33-3)20(26)15-17/h4-15H,1-3H3,(H,28,32)(H,29,31)/b22-14-. The summed E-state index contributed by atoms with van der Waals surface area (Å²) >= 11 is 6.14. The number of carbonyl (C=O) groups excluding carboxylic acids is 2. The maximum atomic E-state index is 14.1. The van der Waals surface area contributed by atoms with Gasteiger partial charge in [0.1, 0.15) is 17.3 Å². The molecule has 6 nitrogen and oxygen atoms in total. The Morgan fingerprint density at radius 1 is 1.03 bits per heavy atom. The zero-order chi connectivity index (χ0) is 24.0. The molecule has 0 spiro atoms. The summed E-state index contributed by atoms with van der Waals surface area (Å²) < 4.78 is 19.2. The summed E-state index contributed by atoms with van der Waals surface area (Å²) in [4.78, 5) is 27.7. The minimum Gasteiger partial charge on any atom is -0.495 e. The number of benzene rings is 3. The number of rotatable bonds is 7. The van der Waals surface area contributed by atoms with Crippen LogP contribution in [0.2, 0.25) is 5.02 Å². The molecule has 0 aromatic heterocycles. The van der Waals surface area contributed by atoms with Crippen LogP contribution < -0.4 is 20.3 Å². The second-order valence-electron chi connectivity index (χ2n) is 7.28. The van der Waals surface area contributed by atoms with E-state index < -0.39 is 17.6 Å². The van der Waals surface area contributed by atoms with Gasteiger partial charge in [0.05, 0.1) is 17.7 Å². The SMILES string of the molecule is COc1ccc(NC(=O)/C(=C/c2ccc(N(C)C)cc2)NC(=O)c2ccccc2F)cc1Cl. The van der Waals surface area contributed by atoms with Crippen LogP contribution >= 0.6 is 11.6 Å². The van der Waals surface area contributed by atoms with Gasteiger partial charge in [-0.05, 0) is 54.1 Å².